The molecule has 0 radical (unpaired) electrons. The SMILES string of the molecule is CC(C)CC(N[S@@+]([O-])C(C)(C)C)c1cc(C#N)cs1. The third-order valence-electron chi connectivity index (χ3n) is 2.60. The van der Waals surface area contributed by atoms with E-state index >= 15 is 0 Å². The lowest BCUT2D eigenvalue weighted by atomic mass is 10.0. The second-order valence-electron chi connectivity index (χ2n) is 6.03. The maximum Gasteiger partial charge on any atom is 0.136 e. The van der Waals surface area contributed by atoms with Crippen molar-refractivity contribution in [2.24, 2.45) is 5.92 Å². The van der Waals surface area contributed by atoms with Crippen LogP contribution in [0.25, 0.3) is 0 Å². The van der Waals surface area contributed by atoms with E-state index in [1.165, 1.54) is 0 Å². The van der Waals surface area contributed by atoms with Gasteiger partial charge in [0.1, 0.15) is 10.8 Å². The van der Waals surface area contributed by atoms with Crippen LogP contribution >= 0.6 is 11.3 Å². The molecule has 1 aromatic rings. The number of rotatable bonds is 5. The largest absolute Gasteiger partial charge is 0.598 e. The summed E-state index contributed by atoms with van der Waals surface area (Å²) >= 11 is 0.454. The summed E-state index contributed by atoms with van der Waals surface area (Å²) in [7, 11) is 0. The molecule has 0 spiro atoms. The first-order valence-electron chi connectivity index (χ1n) is 6.40. The van der Waals surface area contributed by atoms with Crippen molar-refractivity contribution >= 4 is 22.7 Å². The molecule has 0 saturated carbocycles. The fourth-order valence-electron chi connectivity index (χ4n) is 1.59. The highest BCUT2D eigenvalue weighted by atomic mass is 32.2. The molecule has 1 aromatic heterocycles. The number of nitrogens with one attached hydrogen (secondary N) is 1. The van der Waals surface area contributed by atoms with E-state index in [9.17, 15) is 4.55 Å². The Kier molecular flexibility index (Phi) is 5.87. The zero-order chi connectivity index (χ0) is 14.6. The lowest BCUT2D eigenvalue weighted by molar-refractivity contribution is 0.466. The normalized spacial score (nSPS) is 15.3. The van der Waals surface area contributed by atoms with Crippen molar-refractivity contribution in [1.82, 2.24) is 4.72 Å². The molecule has 106 valence electrons. The molecule has 1 unspecified atom stereocenters. The zero-order valence-electron chi connectivity index (χ0n) is 12.2. The van der Waals surface area contributed by atoms with Crippen LogP contribution < -0.4 is 4.72 Å². The van der Waals surface area contributed by atoms with Gasteiger partial charge < -0.3 is 4.55 Å². The summed E-state index contributed by atoms with van der Waals surface area (Å²) in [6.45, 7) is 10.2. The van der Waals surface area contributed by atoms with Gasteiger partial charge in [-0.2, -0.15) is 5.26 Å². The van der Waals surface area contributed by atoms with Crippen molar-refractivity contribution in [3.05, 3.63) is 21.9 Å². The smallest absolute Gasteiger partial charge is 0.136 e. The van der Waals surface area contributed by atoms with Crippen molar-refractivity contribution in [1.29, 1.82) is 5.26 Å². The van der Waals surface area contributed by atoms with Crippen LogP contribution in [0.5, 0.6) is 0 Å². The van der Waals surface area contributed by atoms with Crippen LogP contribution in [-0.2, 0) is 11.4 Å². The molecule has 0 aliphatic heterocycles. The minimum absolute atomic E-state index is 0.0483. The quantitative estimate of drug-likeness (QED) is 0.842. The average Bonchev–Trinajstić information content (AvgIpc) is 2.74. The van der Waals surface area contributed by atoms with Gasteiger partial charge in [-0.15, -0.1) is 16.1 Å². The monoisotopic (exact) mass is 298 g/mol. The molecule has 1 heterocycles. The minimum atomic E-state index is -1.10. The third-order valence-corrected chi connectivity index (χ3v) is 5.26. The predicted molar refractivity (Wildman–Crippen MR) is 82.3 cm³/mol. The summed E-state index contributed by atoms with van der Waals surface area (Å²) in [5.74, 6) is 0.502. The van der Waals surface area contributed by atoms with E-state index in [0.717, 1.165) is 11.3 Å². The predicted octanol–water partition coefficient (Wildman–Crippen LogP) is 3.76. The summed E-state index contributed by atoms with van der Waals surface area (Å²) in [6.07, 6.45) is 0.910. The molecule has 2 atom stereocenters. The molecular weight excluding hydrogens is 276 g/mol. The van der Waals surface area contributed by atoms with Gasteiger partial charge in [0, 0.05) is 21.6 Å². The second-order valence-corrected chi connectivity index (χ2v) is 8.97. The first kappa shape index (κ1) is 16.5. The molecule has 0 bridgehead atoms. The maximum atomic E-state index is 12.2. The highest BCUT2D eigenvalue weighted by molar-refractivity contribution is 7.90. The Morgan fingerprint density at radius 3 is 2.53 bits per heavy atom. The molecule has 0 aliphatic rings. The van der Waals surface area contributed by atoms with E-state index in [2.05, 4.69) is 24.6 Å². The summed E-state index contributed by atoms with van der Waals surface area (Å²) in [5.41, 5.74) is 0.678. The summed E-state index contributed by atoms with van der Waals surface area (Å²) < 4.78 is 15.2. The Morgan fingerprint density at radius 1 is 1.47 bits per heavy atom. The highest BCUT2D eigenvalue weighted by Crippen LogP contribution is 2.29. The standard InChI is InChI=1S/C14H22N2OS2/c1-10(2)6-12(16-19(17)14(3,4)5)13-7-11(8-15)9-18-13/h7,9-10,12,16H,6H2,1-5H3/t12?,19-/m0/s1. The van der Waals surface area contributed by atoms with Gasteiger partial charge in [-0.3, -0.25) is 0 Å². The van der Waals surface area contributed by atoms with E-state index in [1.54, 1.807) is 11.3 Å². The molecule has 1 rings (SSSR count). The Bertz CT molecular complexity index is 443. The second kappa shape index (κ2) is 6.76. The fraction of sp³-hybridized carbons (Fsp3) is 0.643. The van der Waals surface area contributed by atoms with Crippen molar-refractivity contribution in [2.45, 2.75) is 51.8 Å². The van der Waals surface area contributed by atoms with Crippen LogP contribution in [0.3, 0.4) is 0 Å². The summed E-state index contributed by atoms with van der Waals surface area (Å²) in [5, 5.41) is 10.8. The first-order chi connectivity index (χ1) is 8.74. The van der Waals surface area contributed by atoms with Crippen LogP contribution in [0.1, 0.15) is 57.5 Å². The van der Waals surface area contributed by atoms with E-state index in [1.807, 2.05) is 32.2 Å². The van der Waals surface area contributed by atoms with Gasteiger partial charge in [-0.1, -0.05) is 13.8 Å². The lowest BCUT2D eigenvalue weighted by Crippen LogP contribution is -2.41. The van der Waals surface area contributed by atoms with Crippen LogP contribution in [0.4, 0.5) is 0 Å². The van der Waals surface area contributed by atoms with Crippen molar-refractivity contribution < 1.29 is 4.55 Å². The number of nitriles is 1. The van der Waals surface area contributed by atoms with E-state index in [4.69, 9.17) is 5.26 Å². The molecule has 0 aromatic carbocycles. The van der Waals surface area contributed by atoms with Crippen LogP contribution in [0, 0.1) is 17.2 Å². The number of thiophene rings is 1. The molecule has 19 heavy (non-hydrogen) atoms. The molecule has 3 nitrogen and oxygen atoms in total. The van der Waals surface area contributed by atoms with Crippen molar-refractivity contribution in [3.63, 3.8) is 0 Å². The Labute approximate surface area is 123 Å². The van der Waals surface area contributed by atoms with Gasteiger partial charge in [-0.05, 0) is 39.2 Å². The molecule has 0 saturated heterocycles. The zero-order valence-corrected chi connectivity index (χ0v) is 13.8. The van der Waals surface area contributed by atoms with Crippen molar-refractivity contribution in [2.75, 3.05) is 0 Å². The molecule has 0 fully saturated rings. The molecule has 0 amide bonds. The molecular formula is C14H22N2OS2. The van der Waals surface area contributed by atoms with Crippen LogP contribution in [0.15, 0.2) is 11.4 Å². The number of nitrogens with zero attached hydrogens (tertiary/aromatic N) is 1. The number of hydrogen-bond acceptors (Lipinski definition) is 4. The van der Waals surface area contributed by atoms with Gasteiger partial charge in [0.2, 0.25) is 0 Å². The van der Waals surface area contributed by atoms with Gasteiger partial charge in [0.15, 0.2) is 0 Å². The van der Waals surface area contributed by atoms with E-state index in [0.29, 0.717) is 11.5 Å². The average molecular weight is 298 g/mol. The Hall–Kier alpha value is -0.540. The van der Waals surface area contributed by atoms with Gasteiger partial charge >= 0.3 is 0 Å². The van der Waals surface area contributed by atoms with Crippen molar-refractivity contribution in [3.8, 4) is 6.07 Å². The topological polar surface area (TPSA) is 58.9 Å². The Morgan fingerprint density at radius 2 is 2.11 bits per heavy atom. The lowest BCUT2D eigenvalue weighted by Gasteiger charge is -2.28. The maximum absolute atomic E-state index is 12.2. The Balaban J connectivity index is 2.86. The van der Waals surface area contributed by atoms with Gasteiger partial charge in [0.25, 0.3) is 0 Å². The summed E-state index contributed by atoms with van der Waals surface area (Å²) in [4.78, 5) is 1.09. The van der Waals surface area contributed by atoms with Crippen LogP contribution in [0.2, 0.25) is 0 Å². The third kappa shape index (κ3) is 5.15. The van der Waals surface area contributed by atoms with Gasteiger partial charge in [0.05, 0.1) is 11.6 Å². The van der Waals surface area contributed by atoms with E-state index < -0.39 is 11.4 Å². The fourth-order valence-corrected chi connectivity index (χ4v) is 3.40. The summed E-state index contributed by atoms with van der Waals surface area (Å²) in [6, 6.07) is 4.09. The first-order valence-corrected chi connectivity index (χ1v) is 8.43. The highest BCUT2D eigenvalue weighted by Gasteiger charge is 2.30. The molecule has 5 heteroatoms. The molecule has 0 aliphatic carbocycles. The number of hydrogen-bond donors (Lipinski definition) is 1. The van der Waals surface area contributed by atoms with Crippen LogP contribution in [-0.4, -0.2) is 9.30 Å². The van der Waals surface area contributed by atoms with E-state index in [-0.39, 0.29) is 10.8 Å². The van der Waals surface area contributed by atoms with Gasteiger partial charge in [-0.25, -0.2) is 0 Å². The minimum Gasteiger partial charge on any atom is -0.598 e. The molecule has 1 N–H and O–H groups in total.